The Bertz CT molecular complexity index is 554. The second kappa shape index (κ2) is 7.15. The first kappa shape index (κ1) is 14.7. The fourth-order valence-electron chi connectivity index (χ4n) is 2.69. The first-order valence-electron chi connectivity index (χ1n) is 7.26. The molecule has 3 heterocycles. The number of thiazole rings is 1. The number of carbonyl (C=O) groups is 1. The van der Waals surface area contributed by atoms with Crippen molar-refractivity contribution in [3.05, 3.63) is 34.0 Å². The molecule has 0 spiro atoms. The normalized spacial score (nSPS) is 19.5. The Kier molecular flexibility index (Phi) is 5.00. The summed E-state index contributed by atoms with van der Waals surface area (Å²) in [6.07, 6.45) is 4.88. The maximum Gasteiger partial charge on any atom is 0.230 e. The number of hydrogen-bond donors (Lipinski definition) is 1. The molecule has 2 aromatic rings. The van der Waals surface area contributed by atoms with Crippen LogP contribution in [-0.2, 0) is 11.2 Å². The highest BCUT2D eigenvalue weighted by Gasteiger charge is 2.26. The van der Waals surface area contributed by atoms with Gasteiger partial charge in [0.05, 0.1) is 5.92 Å². The number of piperidine rings is 1. The lowest BCUT2D eigenvalue weighted by Gasteiger charge is -2.31. The summed E-state index contributed by atoms with van der Waals surface area (Å²) in [5.74, 6) is 0.205. The molecule has 112 valence electrons. The Morgan fingerprint density at radius 1 is 1.43 bits per heavy atom. The van der Waals surface area contributed by atoms with Gasteiger partial charge in [-0.15, -0.1) is 22.7 Å². The van der Waals surface area contributed by atoms with Crippen LogP contribution in [-0.4, -0.2) is 35.4 Å². The molecule has 1 unspecified atom stereocenters. The smallest absolute Gasteiger partial charge is 0.230 e. The van der Waals surface area contributed by atoms with Crippen molar-refractivity contribution >= 4 is 33.7 Å². The molecular weight excluding hydrogens is 302 g/mol. The van der Waals surface area contributed by atoms with Crippen LogP contribution in [0.2, 0.25) is 0 Å². The number of rotatable bonds is 5. The van der Waals surface area contributed by atoms with Crippen LogP contribution in [0.3, 0.4) is 0 Å². The predicted octanol–water partition coefficient (Wildman–Crippen LogP) is 3.10. The number of hydrogen-bond acceptors (Lipinski definition) is 5. The van der Waals surface area contributed by atoms with Crippen molar-refractivity contribution < 1.29 is 4.79 Å². The maximum absolute atomic E-state index is 12.3. The summed E-state index contributed by atoms with van der Waals surface area (Å²) < 4.78 is 0. The molecular formula is C15H19N3OS2. The van der Waals surface area contributed by atoms with Crippen LogP contribution in [0.15, 0.2) is 29.1 Å². The van der Waals surface area contributed by atoms with Crippen LogP contribution in [0.5, 0.6) is 0 Å². The molecule has 1 aliphatic rings. The molecule has 1 fully saturated rings. The van der Waals surface area contributed by atoms with E-state index in [4.69, 9.17) is 0 Å². The highest BCUT2D eigenvalue weighted by atomic mass is 32.1. The predicted molar refractivity (Wildman–Crippen MR) is 87.9 cm³/mol. The van der Waals surface area contributed by atoms with Crippen molar-refractivity contribution in [2.45, 2.75) is 19.3 Å². The fraction of sp³-hybridized carbons (Fsp3) is 0.467. The number of amides is 1. The van der Waals surface area contributed by atoms with Gasteiger partial charge in [0.2, 0.25) is 5.91 Å². The van der Waals surface area contributed by atoms with Crippen LogP contribution in [0.1, 0.15) is 17.7 Å². The first-order valence-corrected chi connectivity index (χ1v) is 9.02. The number of nitrogens with one attached hydrogen (secondary N) is 1. The van der Waals surface area contributed by atoms with Gasteiger partial charge in [-0.25, -0.2) is 4.98 Å². The van der Waals surface area contributed by atoms with Gasteiger partial charge in [-0.3, -0.25) is 4.79 Å². The zero-order valence-corrected chi connectivity index (χ0v) is 13.5. The van der Waals surface area contributed by atoms with E-state index in [9.17, 15) is 4.79 Å². The Balaban J connectivity index is 1.49. The Labute approximate surface area is 132 Å². The molecule has 6 heteroatoms. The number of likely N-dealkylation sites (tertiary alicyclic amines) is 1. The van der Waals surface area contributed by atoms with Crippen LogP contribution < -0.4 is 5.32 Å². The first-order chi connectivity index (χ1) is 10.3. The van der Waals surface area contributed by atoms with E-state index in [1.165, 1.54) is 16.2 Å². The number of carbonyl (C=O) groups excluding carboxylic acids is 1. The van der Waals surface area contributed by atoms with Crippen LogP contribution in [0.4, 0.5) is 5.13 Å². The molecule has 1 amide bonds. The molecule has 0 bridgehead atoms. The minimum absolute atomic E-state index is 0.0889. The molecule has 1 N–H and O–H groups in total. The van der Waals surface area contributed by atoms with Crippen molar-refractivity contribution in [3.8, 4) is 0 Å². The lowest BCUT2D eigenvalue weighted by molar-refractivity contribution is -0.121. The van der Waals surface area contributed by atoms with Gasteiger partial charge in [0.15, 0.2) is 5.13 Å². The van der Waals surface area contributed by atoms with E-state index in [1.54, 1.807) is 6.20 Å². The number of thiophene rings is 1. The van der Waals surface area contributed by atoms with Crippen molar-refractivity contribution in [2.24, 2.45) is 5.92 Å². The molecule has 0 aromatic carbocycles. The number of nitrogens with zero attached hydrogens (tertiary/aromatic N) is 2. The van der Waals surface area contributed by atoms with Gasteiger partial charge in [0.1, 0.15) is 0 Å². The van der Waals surface area contributed by atoms with Crippen molar-refractivity contribution in [3.63, 3.8) is 0 Å². The molecule has 0 saturated carbocycles. The average molecular weight is 321 g/mol. The number of anilines is 1. The Morgan fingerprint density at radius 3 is 3.14 bits per heavy atom. The largest absolute Gasteiger partial charge is 0.302 e. The Morgan fingerprint density at radius 2 is 2.38 bits per heavy atom. The molecule has 4 nitrogen and oxygen atoms in total. The van der Waals surface area contributed by atoms with Crippen molar-refractivity contribution in [1.29, 1.82) is 0 Å². The van der Waals surface area contributed by atoms with Gasteiger partial charge in [-0.1, -0.05) is 6.07 Å². The van der Waals surface area contributed by atoms with E-state index in [0.717, 1.165) is 38.9 Å². The molecule has 1 saturated heterocycles. The van der Waals surface area contributed by atoms with Crippen molar-refractivity contribution in [2.75, 3.05) is 25.0 Å². The van der Waals surface area contributed by atoms with Gasteiger partial charge in [0.25, 0.3) is 0 Å². The quantitative estimate of drug-likeness (QED) is 0.920. The van der Waals surface area contributed by atoms with E-state index >= 15 is 0 Å². The summed E-state index contributed by atoms with van der Waals surface area (Å²) in [6, 6.07) is 4.28. The average Bonchev–Trinajstić information content (AvgIpc) is 3.19. The minimum atomic E-state index is 0.0889. The SMILES string of the molecule is O=C(Nc1nccs1)C1CCCN(CCc2cccs2)C1. The molecule has 0 radical (unpaired) electrons. The van der Waals surface area contributed by atoms with Crippen LogP contribution >= 0.6 is 22.7 Å². The van der Waals surface area contributed by atoms with Crippen LogP contribution in [0, 0.1) is 5.92 Å². The third kappa shape index (κ3) is 4.12. The third-order valence-electron chi connectivity index (χ3n) is 3.79. The molecule has 3 rings (SSSR count). The molecule has 0 aliphatic carbocycles. The van der Waals surface area contributed by atoms with Crippen LogP contribution in [0.25, 0.3) is 0 Å². The summed E-state index contributed by atoms with van der Waals surface area (Å²) in [4.78, 5) is 20.2. The third-order valence-corrected chi connectivity index (χ3v) is 5.42. The van der Waals surface area contributed by atoms with E-state index < -0.39 is 0 Å². The lowest BCUT2D eigenvalue weighted by Crippen LogP contribution is -2.41. The fourth-order valence-corrected chi connectivity index (χ4v) is 3.92. The summed E-state index contributed by atoms with van der Waals surface area (Å²) in [5, 5.41) is 7.63. The number of aromatic nitrogens is 1. The van der Waals surface area contributed by atoms with Gasteiger partial charge in [-0.2, -0.15) is 0 Å². The summed E-state index contributed by atoms with van der Waals surface area (Å²) >= 11 is 3.28. The molecule has 21 heavy (non-hydrogen) atoms. The van der Waals surface area contributed by atoms with Crippen molar-refractivity contribution in [1.82, 2.24) is 9.88 Å². The highest BCUT2D eigenvalue weighted by Crippen LogP contribution is 2.20. The second-order valence-electron chi connectivity index (χ2n) is 5.30. The zero-order chi connectivity index (χ0) is 14.5. The topological polar surface area (TPSA) is 45.2 Å². The maximum atomic E-state index is 12.3. The van der Waals surface area contributed by atoms with E-state index in [-0.39, 0.29) is 11.8 Å². The standard InChI is InChI=1S/C15H19N3OS2/c19-14(17-15-16-6-10-21-15)12-3-1-7-18(11-12)8-5-13-4-2-9-20-13/h2,4,6,9-10,12H,1,3,5,7-8,11H2,(H,16,17,19). The van der Waals surface area contributed by atoms with E-state index in [1.807, 2.05) is 16.7 Å². The summed E-state index contributed by atoms with van der Waals surface area (Å²) in [5.41, 5.74) is 0. The van der Waals surface area contributed by atoms with E-state index in [2.05, 4.69) is 32.7 Å². The Hall–Kier alpha value is -1.24. The zero-order valence-electron chi connectivity index (χ0n) is 11.8. The molecule has 1 atom stereocenters. The summed E-state index contributed by atoms with van der Waals surface area (Å²) in [6.45, 7) is 3.01. The second-order valence-corrected chi connectivity index (χ2v) is 7.22. The van der Waals surface area contributed by atoms with Gasteiger partial charge >= 0.3 is 0 Å². The van der Waals surface area contributed by atoms with Gasteiger partial charge in [-0.05, 0) is 37.3 Å². The molecule has 2 aromatic heterocycles. The van der Waals surface area contributed by atoms with Gasteiger partial charge < -0.3 is 10.2 Å². The summed E-state index contributed by atoms with van der Waals surface area (Å²) in [7, 11) is 0. The van der Waals surface area contributed by atoms with Gasteiger partial charge in [0, 0.05) is 29.5 Å². The molecule has 1 aliphatic heterocycles. The van der Waals surface area contributed by atoms with E-state index in [0.29, 0.717) is 5.13 Å². The lowest BCUT2D eigenvalue weighted by atomic mass is 9.97. The monoisotopic (exact) mass is 321 g/mol. The minimum Gasteiger partial charge on any atom is -0.302 e. The highest BCUT2D eigenvalue weighted by molar-refractivity contribution is 7.13.